The first-order valence-electron chi connectivity index (χ1n) is 10.1. The van der Waals surface area contributed by atoms with Crippen LogP contribution in [0.3, 0.4) is 0 Å². The number of rotatable bonds is 6. The molecule has 0 bridgehead atoms. The van der Waals surface area contributed by atoms with E-state index < -0.39 is 0 Å². The molecule has 0 radical (unpaired) electrons. The van der Waals surface area contributed by atoms with Gasteiger partial charge in [0.1, 0.15) is 11.6 Å². The van der Waals surface area contributed by atoms with Crippen molar-refractivity contribution in [2.75, 3.05) is 5.32 Å². The Hall–Kier alpha value is -3.54. The molecule has 2 heterocycles. The Labute approximate surface area is 173 Å². The number of nitrogens with one attached hydrogen (secondary N) is 1. The summed E-state index contributed by atoms with van der Waals surface area (Å²) < 4.78 is 15.7. The zero-order valence-corrected chi connectivity index (χ0v) is 16.4. The monoisotopic (exact) mass is 400 g/mol. The van der Waals surface area contributed by atoms with Crippen molar-refractivity contribution in [3.05, 3.63) is 100 Å². The summed E-state index contributed by atoms with van der Waals surface area (Å²) in [4.78, 5) is 22.4. The molecule has 0 spiro atoms. The molecule has 0 saturated heterocycles. The van der Waals surface area contributed by atoms with Gasteiger partial charge in [0.05, 0.1) is 17.4 Å². The van der Waals surface area contributed by atoms with Crippen molar-refractivity contribution in [3.8, 4) is 0 Å². The summed E-state index contributed by atoms with van der Waals surface area (Å²) in [6.07, 6.45) is 5.63. The number of benzene rings is 2. The van der Waals surface area contributed by atoms with Gasteiger partial charge in [0.25, 0.3) is 5.56 Å². The van der Waals surface area contributed by atoms with Crippen LogP contribution in [-0.2, 0) is 13.1 Å². The zero-order chi connectivity index (χ0) is 20.5. The average Bonchev–Trinajstić information content (AvgIpc) is 3.61. The van der Waals surface area contributed by atoms with Gasteiger partial charge in [0.15, 0.2) is 0 Å². The van der Waals surface area contributed by atoms with E-state index in [1.54, 1.807) is 35.2 Å². The summed E-state index contributed by atoms with van der Waals surface area (Å²) in [6, 6.07) is 16.1. The Morgan fingerprint density at radius 2 is 1.97 bits per heavy atom. The number of hydrogen-bond donors (Lipinski definition) is 1. The van der Waals surface area contributed by atoms with Crippen molar-refractivity contribution in [1.29, 1.82) is 0 Å². The molecule has 30 heavy (non-hydrogen) atoms. The lowest BCUT2D eigenvalue weighted by Gasteiger charge is -2.14. The number of aromatic nitrogens is 3. The quantitative estimate of drug-likeness (QED) is 0.519. The minimum Gasteiger partial charge on any atom is -0.381 e. The maximum absolute atomic E-state index is 13.9. The molecule has 0 atom stereocenters. The van der Waals surface area contributed by atoms with Gasteiger partial charge in [0.2, 0.25) is 0 Å². The number of pyridine rings is 1. The number of hydrogen-bond acceptors (Lipinski definition) is 4. The van der Waals surface area contributed by atoms with E-state index in [9.17, 15) is 9.18 Å². The normalized spacial score (nSPS) is 13.5. The molecule has 1 saturated carbocycles. The van der Waals surface area contributed by atoms with Crippen LogP contribution in [0.15, 0.2) is 71.8 Å². The van der Waals surface area contributed by atoms with Crippen molar-refractivity contribution < 1.29 is 4.39 Å². The summed E-state index contributed by atoms with van der Waals surface area (Å²) in [7, 11) is 0. The van der Waals surface area contributed by atoms with E-state index in [0.717, 1.165) is 29.9 Å². The van der Waals surface area contributed by atoms with Crippen molar-refractivity contribution >= 4 is 16.6 Å². The minimum atomic E-state index is -0.250. The first-order chi connectivity index (χ1) is 14.7. The Morgan fingerprint density at radius 3 is 2.73 bits per heavy atom. The molecule has 1 N–H and O–H groups in total. The molecular formula is C24H21FN4O. The summed E-state index contributed by atoms with van der Waals surface area (Å²) in [5.41, 5.74) is 2.95. The van der Waals surface area contributed by atoms with Gasteiger partial charge in [0, 0.05) is 36.1 Å². The highest BCUT2D eigenvalue weighted by atomic mass is 19.1. The van der Waals surface area contributed by atoms with Gasteiger partial charge in [-0.15, -0.1) is 0 Å². The van der Waals surface area contributed by atoms with Gasteiger partial charge >= 0.3 is 0 Å². The van der Waals surface area contributed by atoms with Crippen LogP contribution in [0.25, 0.3) is 10.9 Å². The van der Waals surface area contributed by atoms with E-state index in [1.807, 2.05) is 30.3 Å². The van der Waals surface area contributed by atoms with Crippen LogP contribution in [0.5, 0.6) is 0 Å². The van der Waals surface area contributed by atoms with E-state index in [0.29, 0.717) is 35.5 Å². The van der Waals surface area contributed by atoms with Crippen LogP contribution in [0.2, 0.25) is 0 Å². The lowest BCUT2D eigenvalue weighted by atomic mass is 10.1. The van der Waals surface area contributed by atoms with E-state index >= 15 is 0 Å². The lowest BCUT2D eigenvalue weighted by molar-refractivity contribution is 0.613. The fourth-order valence-electron chi connectivity index (χ4n) is 3.67. The number of anilines is 1. The second-order valence-corrected chi connectivity index (χ2v) is 7.67. The lowest BCUT2D eigenvalue weighted by Crippen LogP contribution is -2.26. The molecule has 0 unspecified atom stereocenters. The average molecular weight is 400 g/mol. The Kier molecular flexibility index (Phi) is 4.75. The smallest absolute Gasteiger partial charge is 0.261 e. The Morgan fingerprint density at radius 1 is 1.10 bits per heavy atom. The summed E-state index contributed by atoms with van der Waals surface area (Å²) >= 11 is 0. The summed E-state index contributed by atoms with van der Waals surface area (Å²) in [5, 5.41) is 3.77. The Bertz CT molecular complexity index is 1270. The fraction of sp³-hybridized carbons (Fsp3) is 0.208. The Balaban J connectivity index is 1.51. The van der Waals surface area contributed by atoms with Crippen molar-refractivity contribution in [1.82, 2.24) is 14.5 Å². The van der Waals surface area contributed by atoms with Crippen LogP contribution in [0, 0.1) is 5.82 Å². The van der Waals surface area contributed by atoms with Gasteiger partial charge in [-0.2, -0.15) is 0 Å². The van der Waals surface area contributed by atoms with Gasteiger partial charge in [-0.05, 0) is 48.7 Å². The molecule has 4 aromatic rings. The molecule has 6 heteroatoms. The predicted molar refractivity (Wildman–Crippen MR) is 115 cm³/mol. The van der Waals surface area contributed by atoms with Crippen LogP contribution >= 0.6 is 0 Å². The largest absolute Gasteiger partial charge is 0.381 e. The van der Waals surface area contributed by atoms with E-state index in [-0.39, 0.29) is 11.4 Å². The first-order valence-corrected chi connectivity index (χ1v) is 10.1. The molecule has 150 valence electrons. The summed E-state index contributed by atoms with van der Waals surface area (Å²) in [5.74, 6) is 0.946. The highest BCUT2D eigenvalue weighted by Gasteiger charge is 2.29. The topological polar surface area (TPSA) is 59.8 Å². The molecule has 1 aliphatic rings. The molecular weight excluding hydrogens is 379 g/mol. The molecule has 2 aromatic heterocycles. The van der Waals surface area contributed by atoms with Gasteiger partial charge < -0.3 is 5.32 Å². The molecule has 1 aliphatic carbocycles. The molecule has 0 amide bonds. The predicted octanol–water partition coefficient (Wildman–Crippen LogP) is 4.47. The minimum absolute atomic E-state index is 0.0553. The van der Waals surface area contributed by atoms with Crippen molar-refractivity contribution in [3.63, 3.8) is 0 Å². The first kappa shape index (κ1) is 18.5. The van der Waals surface area contributed by atoms with Gasteiger partial charge in [-0.1, -0.05) is 24.3 Å². The standard InChI is InChI=1S/C24H21FN4O/c25-21-6-2-1-5-18(21)14-27-19-9-10-22-20(12-19)24(30)29(23(28-22)17-7-8-17)15-16-4-3-11-26-13-16/h1-6,9-13,17,27H,7-8,14-15H2. The molecule has 2 aromatic carbocycles. The van der Waals surface area contributed by atoms with Crippen molar-refractivity contribution in [2.45, 2.75) is 31.8 Å². The van der Waals surface area contributed by atoms with E-state index in [1.165, 1.54) is 6.07 Å². The number of fused-ring (bicyclic) bond motifs is 1. The third kappa shape index (κ3) is 3.68. The maximum atomic E-state index is 13.9. The van der Waals surface area contributed by atoms with Crippen LogP contribution in [0.4, 0.5) is 10.1 Å². The van der Waals surface area contributed by atoms with Crippen LogP contribution in [0.1, 0.15) is 35.7 Å². The van der Waals surface area contributed by atoms with Crippen LogP contribution < -0.4 is 10.9 Å². The van der Waals surface area contributed by atoms with Crippen molar-refractivity contribution in [2.24, 2.45) is 0 Å². The summed E-state index contributed by atoms with van der Waals surface area (Å²) in [6.45, 7) is 0.796. The SMILES string of the molecule is O=c1c2cc(NCc3ccccc3F)ccc2nc(C2CC2)n1Cc1cccnc1. The fourth-order valence-corrected chi connectivity index (χ4v) is 3.67. The second-order valence-electron chi connectivity index (χ2n) is 7.67. The maximum Gasteiger partial charge on any atom is 0.261 e. The number of halogens is 1. The zero-order valence-electron chi connectivity index (χ0n) is 16.4. The van der Waals surface area contributed by atoms with Crippen LogP contribution in [-0.4, -0.2) is 14.5 Å². The molecule has 5 nitrogen and oxygen atoms in total. The van der Waals surface area contributed by atoms with Gasteiger partial charge in [-0.25, -0.2) is 9.37 Å². The highest BCUT2D eigenvalue weighted by molar-refractivity contribution is 5.81. The molecule has 5 rings (SSSR count). The number of nitrogens with zero attached hydrogens (tertiary/aromatic N) is 3. The molecule has 0 aliphatic heterocycles. The molecule has 1 fully saturated rings. The highest BCUT2D eigenvalue weighted by Crippen LogP contribution is 2.39. The third-order valence-electron chi connectivity index (χ3n) is 5.43. The second kappa shape index (κ2) is 7.71. The van der Waals surface area contributed by atoms with Gasteiger partial charge in [-0.3, -0.25) is 14.3 Å². The van der Waals surface area contributed by atoms with E-state index in [2.05, 4.69) is 10.3 Å². The van der Waals surface area contributed by atoms with E-state index in [4.69, 9.17) is 4.98 Å². The third-order valence-corrected chi connectivity index (χ3v) is 5.43.